The number of aromatic nitrogens is 2. The van der Waals surface area contributed by atoms with Crippen molar-refractivity contribution in [1.82, 2.24) is 14.9 Å². The van der Waals surface area contributed by atoms with Gasteiger partial charge in [0.2, 0.25) is 0 Å². The zero-order valence-electron chi connectivity index (χ0n) is 17.4. The molecule has 1 N–H and O–H groups in total. The number of hydrogen-bond acceptors (Lipinski definition) is 3. The lowest BCUT2D eigenvalue weighted by molar-refractivity contribution is -0.113. The molecule has 1 aromatic heterocycles. The lowest BCUT2D eigenvalue weighted by Crippen LogP contribution is -2.22. The Labute approximate surface area is 178 Å². The molecule has 0 radical (unpaired) electrons. The predicted octanol–water partition coefficient (Wildman–Crippen LogP) is 4.32. The summed E-state index contributed by atoms with van der Waals surface area (Å²) in [5.41, 5.74) is 4.48. The van der Waals surface area contributed by atoms with Crippen LogP contribution in [0.3, 0.4) is 0 Å². The van der Waals surface area contributed by atoms with Crippen molar-refractivity contribution in [1.29, 1.82) is 0 Å². The van der Waals surface area contributed by atoms with Crippen LogP contribution in [0.4, 0.5) is 5.69 Å². The molecule has 0 aliphatic heterocycles. The van der Waals surface area contributed by atoms with Gasteiger partial charge < -0.3 is 9.88 Å². The molecule has 0 aliphatic rings. The van der Waals surface area contributed by atoms with E-state index in [4.69, 9.17) is 0 Å². The van der Waals surface area contributed by atoms with Gasteiger partial charge >= 0.3 is 0 Å². The number of carbonyl (C=O) groups excluding carboxylic acids is 1. The molecule has 0 unspecified atom stereocenters. The fourth-order valence-corrected chi connectivity index (χ4v) is 3.24. The SMILES string of the molecule is C=CC(=O)N(/C=C\C)c1ccc(CNCCc2cncn2Cc2ccccc2)cc1. The van der Waals surface area contributed by atoms with Crippen LogP contribution in [-0.2, 0) is 24.3 Å². The number of anilines is 1. The average Bonchev–Trinajstić information content (AvgIpc) is 3.22. The highest BCUT2D eigenvalue weighted by Gasteiger charge is 2.09. The molecule has 5 heteroatoms. The second-order valence-corrected chi connectivity index (χ2v) is 6.99. The van der Waals surface area contributed by atoms with E-state index in [1.54, 1.807) is 11.1 Å². The smallest absolute Gasteiger partial charge is 0.254 e. The number of carbonyl (C=O) groups is 1. The molecule has 3 aromatic rings. The molecule has 0 atom stereocenters. The van der Waals surface area contributed by atoms with Crippen molar-refractivity contribution in [3.8, 4) is 0 Å². The number of nitrogens with zero attached hydrogens (tertiary/aromatic N) is 3. The van der Waals surface area contributed by atoms with Crippen LogP contribution >= 0.6 is 0 Å². The van der Waals surface area contributed by atoms with Crippen LogP contribution in [0, 0.1) is 0 Å². The Morgan fingerprint density at radius 3 is 2.60 bits per heavy atom. The Morgan fingerprint density at radius 1 is 1.13 bits per heavy atom. The van der Waals surface area contributed by atoms with Gasteiger partial charge in [-0.2, -0.15) is 0 Å². The van der Waals surface area contributed by atoms with Gasteiger partial charge in [0.25, 0.3) is 5.91 Å². The number of nitrogens with one attached hydrogen (secondary N) is 1. The van der Waals surface area contributed by atoms with Crippen molar-refractivity contribution in [2.75, 3.05) is 11.4 Å². The number of rotatable bonds is 10. The van der Waals surface area contributed by atoms with E-state index in [1.165, 1.54) is 22.9 Å². The molecule has 2 aromatic carbocycles. The number of amides is 1. The first kappa shape index (κ1) is 21.3. The van der Waals surface area contributed by atoms with Crippen LogP contribution in [0.2, 0.25) is 0 Å². The van der Waals surface area contributed by atoms with Gasteiger partial charge in [-0.3, -0.25) is 9.69 Å². The average molecular weight is 401 g/mol. The molecule has 0 spiro atoms. The zero-order valence-corrected chi connectivity index (χ0v) is 17.4. The van der Waals surface area contributed by atoms with Crippen molar-refractivity contribution in [2.24, 2.45) is 0 Å². The quantitative estimate of drug-likeness (QED) is 0.407. The van der Waals surface area contributed by atoms with E-state index in [1.807, 2.05) is 55.9 Å². The highest BCUT2D eigenvalue weighted by Crippen LogP contribution is 2.16. The summed E-state index contributed by atoms with van der Waals surface area (Å²) in [6.45, 7) is 7.92. The van der Waals surface area contributed by atoms with Crippen LogP contribution in [0.15, 0.2) is 92.1 Å². The van der Waals surface area contributed by atoms with E-state index in [9.17, 15) is 4.79 Å². The second-order valence-electron chi connectivity index (χ2n) is 6.99. The van der Waals surface area contributed by atoms with Crippen LogP contribution in [-0.4, -0.2) is 22.0 Å². The summed E-state index contributed by atoms with van der Waals surface area (Å²) in [5, 5.41) is 3.49. The van der Waals surface area contributed by atoms with Crippen LogP contribution in [0.5, 0.6) is 0 Å². The summed E-state index contributed by atoms with van der Waals surface area (Å²) in [6, 6.07) is 18.4. The minimum absolute atomic E-state index is 0.147. The summed E-state index contributed by atoms with van der Waals surface area (Å²) in [7, 11) is 0. The Bertz CT molecular complexity index is 974. The van der Waals surface area contributed by atoms with Crippen molar-refractivity contribution in [3.63, 3.8) is 0 Å². The summed E-state index contributed by atoms with van der Waals surface area (Å²) in [5.74, 6) is -0.147. The Hall–Kier alpha value is -3.44. The van der Waals surface area contributed by atoms with E-state index in [0.717, 1.165) is 31.7 Å². The lowest BCUT2D eigenvalue weighted by atomic mass is 10.2. The van der Waals surface area contributed by atoms with Crippen molar-refractivity contribution >= 4 is 11.6 Å². The third kappa shape index (κ3) is 5.78. The molecule has 0 bridgehead atoms. The summed E-state index contributed by atoms with van der Waals surface area (Å²) in [4.78, 5) is 17.9. The topological polar surface area (TPSA) is 50.2 Å². The van der Waals surface area contributed by atoms with E-state index < -0.39 is 0 Å². The number of imidazole rings is 1. The molecular formula is C25H28N4O. The van der Waals surface area contributed by atoms with E-state index in [-0.39, 0.29) is 5.91 Å². The van der Waals surface area contributed by atoms with Crippen LogP contribution in [0.1, 0.15) is 23.7 Å². The first-order valence-electron chi connectivity index (χ1n) is 10.1. The van der Waals surface area contributed by atoms with Gasteiger partial charge in [0.1, 0.15) is 0 Å². The summed E-state index contributed by atoms with van der Waals surface area (Å²) >= 11 is 0. The molecule has 1 amide bonds. The molecule has 1 heterocycles. The maximum absolute atomic E-state index is 12.0. The van der Waals surface area contributed by atoms with Gasteiger partial charge in [0.05, 0.1) is 6.33 Å². The van der Waals surface area contributed by atoms with Gasteiger partial charge in [-0.05, 0) is 36.3 Å². The summed E-state index contributed by atoms with van der Waals surface area (Å²) in [6.07, 6.45) is 9.63. The van der Waals surface area contributed by atoms with Crippen molar-refractivity contribution < 1.29 is 4.79 Å². The Kier molecular flexibility index (Phi) is 7.75. The van der Waals surface area contributed by atoms with Gasteiger partial charge in [-0.1, -0.05) is 55.1 Å². The first-order chi connectivity index (χ1) is 14.7. The monoisotopic (exact) mass is 400 g/mol. The molecule has 0 fully saturated rings. The van der Waals surface area contributed by atoms with E-state index in [0.29, 0.717) is 0 Å². The largest absolute Gasteiger partial charge is 0.330 e. The third-order valence-electron chi connectivity index (χ3n) is 4.81. The maximum atomic E-state index is 12.0. The van der Waals surface area contributed by atoms with Gasteiger partial charge in [0, 0.05) is 49.8 Å². The number of allylic oxidation sites excluding steroid dienone is 1. The highest BCUT2D eigenvalue weighted by atomic mass is 16.2. The normalized spacial score (nSPS) is 11.0. The van der Waals surface area contributed by atoms with Crippen molar-refractivity contribution in [3.05, 3.63) is 109 Å². The van der Waals surface area contributed by atoms with Crippen molar-refractivity contribution in [2.45, 2.75) is 26.4 Å². The molecule has 30 heavy (non-hydrogen) atoms. The highest BCUT2D eigenvalue weighted by molar-refractivity contribution is 6.02. The van der Waals surface area contributed by atoms with E-state index in [2.05, 4.69) is 45.7 Å². The molecule has 0 saturated carbocycles. The third-order valence-corrected chi connectivity index (χ3v) is 4.81. The van der Waals surface area contributed by atoms with Gasteiger partial charge in [-0.25, -0.2) is 4.98 Å². The fourth-order valence-electron chi connectivity index (χ4n) is 3.24. The standard InChI is InChI=1S/C25H28N4O/c1-3-16-29(25(30)4-2)23-12-10-21(11-13-23)17-26-15-14-24-18-27-20-28(24)19-22-8-6-5-7-9-22/h3-13,16,18,20,26H,2,14-15,17,19H2,1H3/b16-3-. The predicted molar refractivity (Wildman–Crippen MR) is 122 cm³/mol. The zero-order chi connectivity index (χ0) is 21.2. The minimum atomic E-state index is -0.147. The molecule has 5 nitrogen and oxygen atoms in total. The Morgan fingerprint density at radius 2 is 1.90 bits per heavy atom. The van der Waals surface area contributed by atoms with Gasteiger partial charge in [0.15, 0.2) is 0 Å². The Balaban J connectivity index is 1.50. The minimum Gasteiger partial charge on any atom is -0.330 e. The molecule has 154 valence electrons. The second kappa shape index (κ2) is 10.9. The molecular weight excluding hydrogens is 372 g/mol. The van der Waals surface area contributed by atoms with Crippen LogP contribution < -0.4 is 10.2 Å². The fraction of sp³-hybridized carbons (Fsp3) is 0.200. The summed E-state index contributed by atoms with van der Waals surface area (Å²) < 4.78 is 2.19. The maximum Gasteiger partial charge on any atom is 0.254 e. The number of benzene rings is 2. The van der Waals surface area contributed by atoms with E-state index >= 15 is 0 Å². The van der Waals surface area contributed by atoms with Gasteiger partial charge in [-0.15, -0.1) is 0 Å². The lowest BCUT2D eigenvalue weighted by Gasteiger charge is -2.17. The molecule has 0 aliphatic carbocycles. The first-order valence-corrected chi connectivity index (χ1v) is 10.1. The van der Waals surface area contributed by atoms with Crippen LogP contribution in [0.25, 0.3) is 0 Å². The molecule has 3 rings (SSSR count). The molecule has 0 saturated heterocycles. The number of hydrogen-bond donors (Lipinski definition) is 1.